The number of amides is 2. The second-order valence-electron chi connectivity index (χ2n) is 7.32. The van der Waals surface area contributed by atoms with Gasteiger partial charge in [-0.1, -0.05) is 0 Å². The number of hydrogen-bond donors (Lipinski definition) is 4. The Labute approximate surface area is 163 Å². The van der Waals surface area contributed by atoms with E-state index < -0.39 is 22.9 Å². The molecule has 148 valence electrons. The summed E-state index contributed by atoms with van der Waals surface area (Å²) in [5, 5.41) is 32.1. The van der Waals surface area contributed by atoms with E-state index in [2.05, 4.69) is 20.9 Å². The molecule has 0 saturated heterocycles. The largest absolute Gasteiger partial charge is 0.508 e. The summed E-state index contributed by atoms with van der Waals surface area (Å²) in [4.78, 5) is 25.0. The third-order valence-electron chi connectivity index (χ3n) is 3.91. The Bertz CT molecular complexity index is 799. The van der Waals surface area contributed by atoms with E-state index >= 15 is 0 Å². The van der Waals surface area contributed by atoms with Crippen molar-refractivity contribution >= 4 is 23.2 Å². The first-order chi connectivity index (χ1) is 13.0. The molecule has 0 bridgehead atoms. The number of phenolic OH excluding ortho intramolecular Hbond substituents is 2. The third kappa shape index (κ3) is 5.54. The molecular formula is C20H24N4O4. The summed E-state index contributed by atoms with van der Waals surface area (Å²) in [7, 11) is 0. The lowest BCUT2D eigenvalue weighted by Crippen LogP contribution is -2.38. The van der Waals surface area contributed by atoms with Gasteiger partial charge in [0.05, 0.1) is 0 Å². The Kier molecular flexibility index (Phi) is 6.03. The van der Waals surface area contributed by atoms with E-state index in [0.717, 1.165) is 0 Å². The number of nitrogens with one attached hydrogen (secondary N) is 2. The van der Waals surface area contributed by atoms with Crippen molar-refractivity contribution in [1.82, 2.24) is 0 Å². The molecule has 0 aromatic heterocycles. The van der Waals surface area contributed by atoms with Crippen molar-refractivity contribution < 1.29 is 19.8 Å². The Morgan fingerprint density at radius 2 is 0.964 bits per heavy atom. The highest BCUT2D eigenvalue weighted by molar-refractivity contribution is 5.98. The number of rotatable bonds is 6. The van der Waals surface area contributed by atoms with Crippen LogP contribution in [0.4, 0.5) is 11.4 Å². The molecule has 0 radical (unpaired) electrons. The van der Waals surface area contributed by atoms with Crippen LogP contribution in [-0.2, 0) is 9.59 Å². The first-order valence-corrected chi connectivity index (χ1v) is 8.65. The first kappa shape index (κ1) is 20.9. The number of phenols is 2. The van der Waals surface area contributed by atoms with E-state index in [1.165, 1.54) is 24.3 Å². The van der Waals surface area contributed by atoms with Gasteiger partial charge in [0, 0.05) is 11.4 Å². The van der Waals surface area contributed by atoms with Gasteiger partial charge in [0.1, 0.15) is 11.5 Å². The molecule has 2 aromatic rings. The quantitative estimate of drug-likeness (QED) is 0.448. The molecule has 2 rings (SSSR count). The molecule has 8 heteroatoms. The van der Waals surface area contributed by atoms with E-state index in [0.29, 0.717) is 11.4 Å². The molecule has 2 amide bonds. The van der Waals surface area contributed by atoms with Crippen molar-refractivity contribution in [2.24, 2.45) is 10.2 Å². The zero-order valence-corrected chi connectivity index (χ0v) is 16.2. The Balaban J connectivity index is 2.05. The summed E-state index contributed by atoms with van der Waals surface area (Å²) < 4.78 is 0. The van der Waals surface area contributed by atoms with Crippen molar-refractivity contribution in [2.45, 2.75) is 38.8 Å². The Hall–Kier alpha value is -3.42. The minimum atomic E-state index is -1.21. The molecule has 0 aliphatic carbocycles. The summed E-state index contributed by atoms with van der Waals surface area (Å²) in [5.41, 5.74) is -1.41. The second kappa shape index (κ2) is 8.08. The fraction of sp³-hybridized carbons (Fsp3) is 0.300. The highest BCUT2D eigenvalue weighted by atomic mass is 16.3. The normalized spacial score (nSPS) is 12.0. The van der Waals surface area contributed by atoms with Gasteiger partial charge in [0.15, 0.2) is 11.1 Å². The molecule has 0 spiro atoms. The second-order valence-corrected chi connectivity index (χ2v) is 7.32. The van der Waals surface area contributed by atoms with Crippen LogP contribution in [0.3, 0.4) is 0 Å². The van der Waals surface area contributed by atoms with Gasteiger partial charge in [-0.25, -0.2) is 0 Å². The maximum atomic E-state index is 12.5. The molecule has 0 fully saturated rings. The van der Waals surface area contributed by atoms with Gasteiger partial charge in [-0.2, -0.15) is 10.2 Å². The smallest absolute Gasteiger partial charge is 0.253 e. The van der Waals surface area contributed by atoms with Crippen LogP contribution in [0.5, 0.6) is 11.5 Å². The van der Waals surface area contributed by atoms with E-state index in [9.17, 15) is 19.8 Å². The van der Waals surface area contributed by atoms with Crippen LogP contribution in [0, 0.1) is 0 Å². The van der Waals surface area contributed by atoms with Gasteiger partial charge in [0.2, 0.25) is 0 Å². The standard InChI is InChI=1S/C20H24N4O4/c1-19(2,17(27)21-13-5-9-15(25)10-6-13)23-24-20(3,4)18(28)22-14-7-11-16(26)12-8-14/h5-12,25-26H,1-4H3,(H,21,27)(H,22,28). The Morgan fingerprint density at radius 3 is 1.25 bits per heavy atom. The fourth-order valence-electron chi connectivity index (χ4n) is 2.00. The number of benzene rings is 2. The molecule has 4 N–H and O–H groups in total. The predicted octanol–water partition coefficient (Wildman–Crippen LogP) is 3.68. The number of carbonyl (C=O) groups is 2. The zero-order valence-electron chi connectivity index (χ0n) is 16.2. The number of nitrogens with zero attached hydrogens (tertiary/aromatic N) is 2. The van der Waals surface area contributed by atoms with Gasteiger partial charge >= 0.3 is 0 Å². The lowest BCUT2D eigenvalue weighted by Gasteiger charge is -2.22. The van der Waals surface area contributed by atoms with Crippen LogP contribution in [0.25, 0.3) is 0 Å². The van der Waals surface area contributed by atoms with Crippen LogP contribution >= 0.6 is 0 Å². The van der Waals surface area contributed by atoms with Gasteiger partial charge in [-0.3, -0.25) is 9.59 Å². The molecular weight excluding hydrogens is 360 g/mol. The van der Waals surface area contributed by atoms with Crippen LogP contribution in [-0.4, -0.2) is 33.1 Å². The number of carbonyl (C=O) groups excluding carboxylic acids is 2. The summed E-state index contributed by atoms with van der Waals surface area (Å²) in [6, 6.07) is 12.1. The summed E-state index contributed by atoms with van der Waals surface area (Å²) in [5.74, 6) is -0.620. The SMILES string of the molecule is CC(C)(N=NC(C)(C)C(=O)Nc1ccc(O)cc1)C(=O)Nc1ccc(O)cc1. The van der Waals surface area contributed by atoms with Crippen LogP contribution in [0.1, 0.15) is 27.7 Å². The molecule has 0 heterocycles. The van der Waals surface area contributed by atoms with Crippen molar-refractivity contribution in [3.63, 3.8) is 0 Å². The third-order valence-corrected chi connectivity index (χ3v) is 3.91. The lowest BCUT2D eigenvalue weighted by molar-refractivity contribution is -0.122. The number of anilines is 2. The first-order valence-electron chi connectivity index (χ1n) is 8.65. The number of hydrogen-bond acceptors (Lipinski definition) is 6. The van der Waals surface area contributed by atoms with Crippen molar-refractivity contribution in [2.75, 3.05) is 10.6 Å². The predicted molar refractivity (Wildman–Crippen MR) is 106 cm³/mol. The molecule has 0 saturated carbocycles. The van der Waals surface area contributed by atoms with E-state index in [-0.39, 0.29) is 11.5 Å². The van der Waals surface area contributed by atoms with Crippen LogP contribution in [0.2, 0.25) is 0 Å². The topological polar surface area (TPSA) is 123 Å². The van der Waals surface area contributed by atoms with E-state index in [1.807, 2.05) is 0 Å². The Morgan fingerprint density at radius 1 is 0.679 bits per heavy atom. The molecule has 2 aromatic carbocycles. The van der Waals surface area contributed by atoms with Crippen LogP contribution < -0.4 is 10.6 Å². The summed E-state index contributed by atoms with van der Waals surface area (Å²) in [6.07, 6.45) is 0. The number of aromatic hydroxyl groups is 2. The van der Waals surface area contributed by atoms with Gasteiger partial charge in [-0.05, 0) is 76.2 Å². The van der Waals surface area contributed by atoms with E-state index in [1.54, 1.807) is 52.0 Å². The van der Waals surface area contributed by atoms with E-state index in [4.69, 9.17) is 0 Å². The summed E-state index contributed by atoms with van der Waals surface area (Å²) in [6.45, 7) is 6.33. The molecule has 0 unspecified atom stereocenters. The maximum Gasteiger partial charge on any atom is 0.253 e. The highest BCUT2D eigenvalue weighted by Gasteiger charge is 2.32. The molecule has 8 nitrogen and oxygen atoms in total. The average molecular weight is 384 g/mol. The van der Waals surface area contributed by atoms with Crippen molar-refractivity contribution in [3.8, 4) is 11.5 Å². The van der Waals surface area contributed by atoms with Gasteiger partial charge in [-0.15, -0.1) is 0 Å². The molecule has 0 aliphatic heterocycles. The average Bonchev–Trinajstić information content (AvgIpc) is 2.64. The summed E-state index contributed by atoms with van der Waals surface area (Å²) >= 11 is 0. The monoisotopic (exact) mass is 384 g/mol. The van der Waals surface area contributed by atoms with Crippen molar-refractivity contribution in [3.05, 3.63) is 48.5 Å². The minimum Gasteiger partial charge on any atom is -0.508 e. The zero-order chi connectivity index (χ0) is 20.9. The highest BCUT2D eigenvalue weighted by Crippen LogP contribution is 2.21. The van der Waals surface area contributed by atoms with Crippen LogP contribution in [0.15, 0.2) is 58.8 Å². The van der Waals surface area contributed by atoms with Gasteiger partial charge in [0.25, 0.3) is 11.8 Å². The number of azo groups is 1. The molecule has 0 atom stereocenters. The van der Waals surface area contributed by atoms with Crippen molar-refractivity contribution in [1.29, 1.82) is 0 Å². The molecule has 0 aliphatic rings. The fourth-order valence-corrected chi connectivity index (χ4v) is 2.00. The lowest BCUT2D eigenvalue weighted by atomic mass is 10.0. The minimum absolute atomic E-state index is 0.0957. The maximum absolute atomic E-state index is 12.5. The molecule has 28 heavy (non-hydrogen) atoms. The van der Waals surface area contributed by atoms with Gasteiger partial charge < -0.3 is 20.8 Å².